The van der Waals surface area contributed by atoms with Crippen LogP contribution in [0, 0.1) is 0 Å². The van der Waals surface area contributed by atoms with Crippen molar-refractivity contribution in [3.05, 3.63) is 21.6 Å². The summed E-state index contributed by atoms with van der Waals surface area (Å²) in [6.45, 7) is 0. The van der Waals surface area contributed by atoms with Crippen molar-refractivity contribution in [3.63, 3.8) is 0 Å². The van der Waals surface area contributed by atoms with Gasteiger partial charge >= 0.3 is 0 Å². The summed E-state index contributed by atoms with van der Waals surface area (Å²) in [5.41, 5.74) is 5.86. The van der Waals surface area contributed by atoms with E-state index in [1.54, 1.807) is 6.08 Å². The maximum Gasteiger partial charge on any atom is 0.171 e. The minimum atomic E-state index is -0.290. The molecule has 0 amide bonds. The van der Waals surface area contributed by atoms with Crippen molar-refractivity contribution < 1.29 is 5.11 Å². The lowest BCUT2D eigenvalue weighted by atomic mass is 10.4. The van der Waals surface area contributed by atoms with Crippen molar-refractivity contribution in [2.24, 2.45) is 5.73 Å². The molecule has 0 aromatic rings. The first-order valence-corrected chi connectivity index (χ1v) is 4.45. The van der Waals surface area contributed by atoms with E-state index in [0.717, 1.165) is 0 Å². The normalized spacial score (nSPS) is 18.5. The molecule has 0 atom stereocenters. The molecule has 3 heteroatoms. The van der Waals surface area contributed by atoms with Gasteiger partial charge in [0.05, 0.1) is 5.70 Å². The van der Waals surface area contributed by atoms with Crippen LogP contribution in [0.2, 0.25) is 0 Å². The highest BCUT2D eigenvalue weighted by atomic mass is 127. The maximum absolute atomic E-state index is 8.90. The number of hydrogen-bond acceptors (Lipinski definition) is 2. The number of rotatable bonds is 0. The number of allylic oxidation sites excluding steroid dienone is 2. The standard InChI is InChI=1S/C5H6INO/c7-4-2-1-3-6-5(4)8/h1-3,8H,7H2. The molecule has 0 radical (unpaired) electrons. The zero-order chi connectivity index (χ0) is 5.98. The Kier molecular flexibility index (Phi) is 1.67. The van der Waals surface area contributed by atoms with Crippen molar-refractivity contribution in [2.45, 2.75) is 0 Å². The van der Waals surface area contributed by atoms with Gasteiger partial charge in [-0.1, -0.05) is 6.08 Å². The predicted molar refractivity (Wildman–Crippen MR) is 43.1 cm³/mol. The summed E-state index contributed by atoms with van der Waals surface area (Å²) in [5.74, 6) is 0. The molecule has 0 aromatic carbocycles. The molecule has 0 aliphatic carbocycles. The van der Waals surface area contributed by atoms with Crippen LogP contribution in [0.3, 0.4) is 0 Å². The molecule has 0 unspecified atom stereocenters. The van der Waals surface area contributed by atoms with Gasteiger partial charge in [-0.2, -0.15) is 0 Å². The second-order valence-electron chi connectivity index (χ2n) is 1.34. The van der Waals surface area contributed by atoms with Crippen LogP contribution in [0.4, 0.5) is 0 Å². The third kappa shape index (κ3) is 1.09. The highest BCUT2D eigenvalue weighted by Gasteiger charge is 1.94. The molecule has 0 fully saturated rings. The van der Waals surface area contributed by atoms with Crippen LogP contribution in [0.5, 0.6) is 0 Å². The Morgan fingerprint density at radius 3 is 2.75 bits per heavy atom. The maximum atomic E-state index is 8.90. The van der Waals surface area contributed by atoms with Crippen molar-refractivity contribution in [1.29, 1.82) is 0 Å². The summed E-state index contributed by atoms with van der Waals surface area (Å²) < 4.78 is 2.34. The van der Waals surface area contributed by atoms with Crippen molar-refractivity contribution in [2.75, 3.05) is 0 Å². The van der Waals surface area contributed by atoms with Gasteiger partial charge in [0.25, 0.3) is 0 Å². The first-order chi connectivity index (χ1) is 3.80. The number of halogens is 1. The van der Waals surface area contributed by atoms with Crippen molar-refractivity contribution in [1.82, 2.24) is 0 Å². The van der Waals surface area contributed by atoms with Crippen LogP contribution in [0.15, 0.2) is 21.6 Å². The summed E-state index contributed by atoms with van der Waals surface area (Å²) in [4.78, 5) is 0. The SMILES string of the molecule is NC1=C(O)I=CC=C1. The van der Waals surface area contributed by atoms with E-state index in [2.05, 4.69) is 0 Å². The van der Waals surface area contributed by atoms with Gasteiger partial charge in [0, 0.05) is 0 Å². The lowest BCUT2D eigenvalue weighted by Gasteiger charge is -1.96. The molecule has 44 valence electrons. The smallest absolute Gasteiger partial charge is 0.171 e. The van der Waals surface area contributed by atoms with Crippen LogP contribution >= 0.6 is 20.7 Å². The van der Waals surface area contributed by atoms with Gasteiger partial charge < -0.3 is 10.8 Å². The first-order valence-electron chi connectivity index (χ1n) is 2.12. The van der Waals surface area contributed by atoms with E-state index in [1.165, 1.54) is 0 Å². The van der Waals surface area contributed by atoms with E-state index in [1.807, 2.05) is 10.1 Å². The summed E-state index contributed by atoms with van der Waals surface area (Å²) in [5, 5.41) is 8.90. The molecule has 0 saturated carbocycles. The summed E-state index contributed by atoms with van der Waals surface area (Å²) in [6, 6.07) is 0. The second-order valence-corrected chi connectivity index (χ2v) is 3.70. The molecular formula is C5H6INO. The Hall–Kier alpha value is -0.320. The third-order valence-electron chi connectivity index (χ3n) is 0.753. The summed E-state index contributed by atoms with van der Waals surface area (Å²) in [7, 11) is 0. The first kappa shape index (κ1) is 5.81. The van der Waals surface area contributed by atoms with E-state index in [9.17, 15) is 0 Å². The summed E-state index contributed by atoms with van der Waals surface area (Å²) in [6.07, 6.45) is 3.58. The van der Waals surface area contributed by atoms with Gasteiger partial charge in [-0.25, -0.2) is 0 Å². The van der Waals surface area contributed by atoms with Gasteiger partial charge in [-0.05, 0) is 30.8 Å². The molecule has 0 spiro atoms. The molecule has 1 rings (SSSR count). The van der Waals surface area contributed by atoms with E-state index in [0.29, 0.717) is 9.46 Å². The fourth-order valence-electron chi connectivity index (χ4n) is 0.368. The predicted octanol–water partition coefficient (Wildman–Crippen LogP) is 1.01. The molecule has 1 aliphatic heterocycles. The Morgan fingerprint density at radius 1 is 1.62 bits per heavy atom. The fraction of sp³-hybridized carbons (Fsp3) is 0. The van der Waals surface area contributed by atoms with Crippen LogP contribution in [-0.2, 0) is 0 Å². The average Bonchev–Trinajstić information content (AvgIpc) is 1.77. The Morgan fingerprint density at radius 2 is 2.38 bits per heavy atom. The van der Waals surface area contributed by atoms with Crippen LogP contribution < -0.4 is 5.73 Å². The monoisotopic (exact) mass is 223 g/mol. The number of nitrogens with two attached hydrogens (primary N) is 1. The molecule has 8 heavy (non-hydrogen) atoms. The van der Waals surface area contributed by atoms with Gasteiger partial charge in [0.2, 0.25) is 0 Å². The molecule has 0 saturated heterocycles. The minimum absolute atomic E-state index is 0.290. The van der Waals surface area contributed by atoms with Crippen LogP contribution in [-0.4, -0.2) is 9.12 Å². The topological polar surface area (TPSA) is 46.2 Å². The zero-order valence-corrected chi connectivity index (χ0v) is 6.29. The summed E-state index contributed by atoms with van der Waals surface area (Å²) >= 11 is -0.290. The minimum Gasteiger partial charge on any atom is -0.501 e. The van der Waals surface area contributed by atoms with Crippen LogP contribution in [0.1, 0.15) is 0 Å². The molecule has 1 aliphatic rings. The van der Waals surface area contributed by atoms with E-state index in [-0.39, 0.29) is 20.7 Å². The van der Waals surface area contributed by atoms with E-state index in [4.69, 9.17) is 10.8 Å². The van der Waals surface area contributed by atoms with Crippen molar-refractivity contribution in [3.8, 4) is 0 Å². The largest absolute Gasteiger partial charge is 0.501 e. The van der Waals surface area contributed by atoms with Crippen molar-refractivity contribution >= 4 is 24.7 Å². The lowest BCUT2D eigenvalue weighted by Crippen LogP contribution is -1.97. The Bertz CT molecular complexity index is 161. The molecule has 2 nitrogen and oxygen atoms in total. The highest BCUT2D eigenvalue weighted by molar-refractivity contribution is 14.2. The van der Waals surface area contributed by atoms with Gasteiger partial charge in [-0.15, -0.1) is 0 Å². The molecular weight excluding hydrogens is 217 g/mol. The number of aliphatic hydroxyl groups is 1. The Labute approximate surface area is 57.4 Å². The molecule has 1 heterocycles. The highest BCUT2D eigenvalue weighted by Crippen LogP contribution is 2.15. The van der Waals surface area contributed by atoms with Crippen LogP contribution in [0.25, 0.3) is 0 Å². The number of aliphatic hydroxyl groups excluding tert-OH is 1. The molecule has 0 aromatic heterocycles. The lowest BCUT2D eigenvalue weighted by molar-refractivity contribution is 0.460. The quantitative estimate of drug-likeness (QED) is 0.602. The van der Waals surface area contributed by atoms with E-state index < -0.39 is 0 Å². The van der Waals surface area contributed by atoms with E-state index >= 15 is 0 Å². The zero-order valence-electron chi connectivity index (χ0n) is 4.13. The Balaban J connectivity index is 2.97. The third-order valence-corrected chi connectivity index (χ3v) is 2.74. The van der Waals surface area contributed by atoms with Gasteiger partial charge in [0.15, 0.2) is 3.77 Å². The van der Waals surface area contributed by atoms with Gasteiger partial charge in [0.1, 0.15) is 0 Å². The van der Waals surface area contributed by atoms with Gasteiger partial charge in [-0.3, -0.25) is 0 Å². The fourth-order valence-corrected chi connectivity index (χ4v) is 1.66. The second kappa shape index (κ2) is 2.30. The average molecular weight is 223 g/mol. The molecule has 3 N–H and O–H groups in total. The molecule has 0 bridgehead atoms. The number of hydrogen-bond donors (Lipinski definition) is 2.